The Labute approximate surface area is 62.5 Å². The van der Waals surface area contributed by atoms with Crippen LogP contribution in [-0.4, -0.2) is 9.97 Å². The molecule has 0 atom stereocenters. The van der Waals surface area contributed by atoms with Gasteiger partial charge in [0.1, 0.15) is 0 Å². The quantitative estimate of drug-likeness (QED) is 0.582. The van der Waals surface area contributed by atoms with Crippen molar-refractivity contribution in [2.24, 2.45) is 0 Å². The van der Waals surface area contributed by atoms with Gasteiger partial charge >= 0.3 is 0 Å². The van der Waals surface area contributed by atoms with Gasteiger partial charge in [-0.05, 0) is 11.6 Å². The summed E-state index contributed by atoms with van der Waals surface area (Å²) in [7, 11) is 0. The molecule has 0 fully saturated rings. The zero-order valence-electron chi connectivity index (χ0n) is 4.30. The van der Waals surface area contributed by atoms with Crippen LogP contribution < -0.4 is 5.56 Å². The summed E-state index contributed by atoms with van der Waals surface area (Å²) < 4.78 is 0. The topological polar surface area (TPSA) is 45.8 Å². The normalized spacial score (nSPS) is 8.11. The fraction of sp³-hybridized carbons (Fsp3) is 0. The van der Waals surface area contributed by atoms with Crippen molar-refractivity contribution in [3.05, 3.63) is 27.9 Å². The van der Waals surface area contributed by atoms with Gasteiger partial charge < -0.3 is 0 Å². The van der Waals surface area contributed by atoms with E-state index in [9.17, 15) is 4.79 Å². The first-order valence-electron chi connectivity index (χ1n) is 2.00. The molecular formula is C4H4Cl2N2O. The van der Waals surface area contributed by atoms with Gasteiger partial charge in [0, 0.05) is 12.3 Å². The highest BCUT2D eigenvalue weighted by molar-refractivity contribution is 6.28. The summed E-state index contributed by atoms with van der Waals surface area (Å²) >= 11 is 5.28. The second kappa shape index (κ2) is 3.48. The molecule has 0 aliphatic rings. The lowest BCUT2D eigenvalue weighted by atomic mass is 10.7. The van der Waals surface area contributed by atoms with E-state index < -0.39 is 0 Å². The molecule has 1 N–H and O–H groups in total. The SMILES string of the molecule is Cl.O=c1ccnc(Cl)[nH]1. The van der Waals surface area contributed by atoms with Gasteiger partial charge in [-0.3, -0.25) is 9.78 Å². The maximum absolute atomic E-state index is 10.3. The van der Waals surface area contributed by atoms with E-state index in [4.69, 9.17) is 11.6 Å². The number of rotatable bonds is 0. The zero-order chi connectivity index (χ0) is 5.98. The zero-order valence-corrected chi connectivity index (χ0v) is 5.87. The minimum atomic E-state index is -0.231. The van der Waals surface area contributed by atoms with Crippen molar-refractivity contribution in [1.29, 1.82) is 0 Å². The molecule has 1 aromatic rings. The molecule has 5 heteroatoms. The number of nitrogens with zero attached hydrogens (tertiary/aromatic N) is 1. The van der Waals surface area contributed by atoms with Crippen molar-refractivity contribution in [2.45, 2.75) is 0 Å². The highest BCUT2D eigenvalue weighted by Gasteiger charge is 1.83. The Morgan fingerprint density at radius 3 is 2.67 bits per heavy atom. The molecule has 1 heterocycles. The molecule has 0 spiro atoms. The van der Waals surface area contributed by atoms with E-state index in [0.29, 0.717) is 0 Å². The Balaban J connectivity index is 0.000000640. The number of aromatic nitrogens is 2. The number of nitrogens with one attached hydrogen (secondary N) is 1. The smallest absolute Gasteiger partial charge is 0.251 e. The maximum Gasteiger partial charge on any atom is 0.251 e. The average Bonchev–Trinajstić information content (AvgIpc) is 1.64. The highest BCUT2D eigenvalue weighted by atomic mass is 35.5. The molecule has 0 aromatic carbocycles. The van der Waals surface area contributed by atoms with E-state index in [2.05, 4.69) is 9.97 Å². The maximum atomic E-state index is 10.3. The third-order valence-corrected chi connectivity index (χ3v) is 0.832. The van der Waals surface area contributed by atoms with Gasteiger partial charge in [-0.2, -0.15) is 0 Å². The largest absolute Gasteiger partial charge is 0.297 e. The van der Waals surface area contributed by atoms with Crippen LogP contribution in [0.25, 0.3) is 0 Å². The lowest BCUT2D eigenvalue weighted by Crippen LogP contribution is -2.02. The number of hydrogen-bond donors (Lipinski definition) is 1. The van der Waals surface area contributed by atoms with Crippen molar-refractivity contribution >= 4 is 24.0 Å². The van der Waals surface area contributed by atoms with Gasteiger partial charge in [0.25, 0.3) is 5.56 Å². The van der Waals surface area contributed by atoms with E-state index in [1.54, 1.807) is 0 Å². The molecule has 0 aliphatic carbocycles. The molecule has 1 aromatic heterocycles. The van der Waals surface area contributed by atoms with Crippen LogP contribution in [0, 0.1) is 0 Å². The van der Waals surface area contributed by atoms with Crippen LogP contribution in [0.2, 0.25) is 5.28 Å². The summed E-state index contributed by atoms with van der Waals surface area (Å²) in [5.41, 5.74) is -0.231. The Hall–Kier alpha value is -0.540. The van der Waals surface area contributed by atoms with E-state index in [0.717, 1.165) is 0 Å². The third-order valence-electron chi connectivity index (χ3n) is 0.640. The lowest BCUT2D eigenvalue weighted by Gasteiger charge is -1.81. The number of H-pyrrole nitrogens is 1. The monoisotopic (exact) mass is 166 g/mol. The van der Waals surface area contributed by atoms with Crippen molar-refractivity contribution in [3.8, 4) is 0 Å². The minimum absolute atomic E-state index is 0. The summed E-state index contributed by atoms with van der Waals surface area (Å²) in [5.74, 6) is 0. The van der Waals surface area contributed by atoms with Crippen molar-refractivity contribution in [1.82, 2.24) is 9.97 Å². The van der Waals surface area contributed by atoms with E-state index in [1.807, 2.05) is 0 Å². The first kappa shape index (κ1) is 8.46. The average molecular weight is 167 g/mol. The van der Waals surface area contributed by atoms with Gasteiger partial charge in [0.05, 0.1) is 0 Å². The van der Waals surface area contributed by atoms with Gasteiger partial charge in [-0.25, -0.2) is 4.98 Å². The van der Waals surface area contributed by atoms with Crippen LogP contribution in [0.4, 0.5) is 0 Å². The summed E-state index contributed by atoms with van der Waals surface area (Å²) in [4.78, 5) is 16.1. The van der Waals surface area contributed by atoms with Crippen LogP contribution in [0.1, 0.15) is 0 Å². The third kappa shape index (κ3) is 2.49. The predicted molar refractivity (Wildman–Crippen MR) is 37.1 cm³/mol. The Morgan fingerprint density at radius 1 is 1.67 bits per heavy atom. The Kier molecular flexibility index (Phi) is 3.27. The summed E-state index contributed by atoms with van der Waals surface area (Å²) in [6.45, 7) is 0. The molecule has 0 bridgehead atoms. The summed E-state index contributed by atoms with van der Waals surface area (Å²) in [6, 6.07) is 1.30. The predicted octanol–water partition coefficient (Wildman–Crippen LogP) is 0.845. The molecule has 0 amide bonds. The lowest BCUT2D eigenvalue weighted by molar-refractivity contribution is 1.12. The number of halogens is 2. The van der Waals surface area contributed by atoms with Gasteiger partial charge in [0.2, 0.25) is 5.28 Å². The molecule has 50 valence electrons. The van der Waals surface area contributed by atoms with Gasteiger partial charge in [-0.1, -0.05) is 0 Å². The van der Waals surface area contributed by atoms with Crippen LogP contribution in [0.5, 0.6) is 0 Å². The van der Waals surface area contributed by atoms with Crippen LogP contribution in [0.15, 0.2) is 17.1 Å². The number of hydrogen-bond acceptors (Lipinski definition) is 2. The van der Waals surface area contributed by atoms with Crippen molar-refractivity contribution in [2.75, 3.05) is 0 Å². The molecule has 1 rings (SSSR count). The van der Waals surface area contributed by atoms with Gasteiger partial charge in [-0.15, -0.1) is 12.4 Å². The van der Waals surface area contributed by atoms with E-state index in [1.165, 1.54) is 12.3 Å². The van der Waals surface area contributed by atoms with Gasteiger partial charge in [0.15, 0.2) is 0 Å². The molecule has 0 radical (unpaired) electrons. The fourth-order valence-corrected chi connectivity index (χ4v) is 0.495. The number of aromatic amines is 1. The highest BCUT2D eigenvalue weighted by Crippen LogP contribution is 1.89. The molecule has 0 saturated heterocycles. The summed E-state index contributed by atoms with van der Waals surface area (Å²) in [5, 5.41) is 0.123. The Bertz CT molecular complexity index is 234. The van der Waals surface area contributed by atoms with Crippen LogP contribution in [0.3, 0.4) is 0 Å². The second-order valence-electron chi connectivity index (χ2n) is 1.22. The molecule has 0 aliphatic heterocycles. The molecule has 0 unspecified atom stereocenters. The van der Waals surface area contributed by atoms with Crippen molar-refractivity contribution in [3.63, 3.8) is 0 Å². The standard InChI is InChI=1S/C4H3ClN2O.ClH/c5-4-6-2-1-3(8)7-4;/h1-2H,(H,6,7,8);1H. The first-order chi connectivity index (χ1) is 3.79. The summed E-state index contributed by atoms with van der Waals surface area (Å²) in [6.07, 6.45) is 1.35. The van der Waals surface area contributed by atoms with Crippen LogP contribution in [-0.2, 0) is 0 Å². The molecular weight excluding hydrogens is 163 g/mol. The minimum Gasteiger partial charge on any atom is -0.297 e. The first-order valence-corrected chi connectivity index (χ1v) is 2.37. The van der Waals surface area contributed by atoms with E-state index in [-0.39, 0.29) is 23.2 Å². The fourth-order valence-electron chi connectivity index (χ4n) is 0.346. The Morgan fingerprint density at radius 2 is 2.33 bits per heavy atom. The second-order valence-corrected chi connectivity index (χ2v) is 1.58. The molecule has 9 heavy (non-hydrogen) atoms. The molecule has 3 nitrogen and oxygen atoms in total. The van der Waals surface area contributed by atoms with E-state index >= 15 is 0 Å². The van der Waals surface area contributed by atoms with Crippen LogP contribution >= 0.6 is 24.0 Å². The van der Waals surface area contributed by atoms with Crippen molar-refractivity contribution < 1.29 is 0 Å². The molecule has 0 saturated carbocycles.